The highest BCUT2D eigenvalue weighted by Crippen LogP contribution is 2.34. The Morgan fingerprint density at radius 3 is 2.64 bits per heavy atom. The summed E-state index contributed by atoms with van der Waals surface area (Å²) in [6, 6.07) is 15.6. The van der Waals surface area contributed by atoms with Crippen molar-refractivity contribution >= 4 is 17.5 Å². The van der Waals surface area contributed by atoms with Crippen LogP contribution in [0, 0.1) is 0 Å². The third-order valence-corrected chi connectivity index (χ3v) is 5.57. The minimum Gasteiger partial charge on any atom is -0.494 e. The van der Waals surface area contributed by atoms with Crippen LogP contribution < -0.4 is 9.64 Å². The summed E-state index contributed by atoms with van der Waals surface area (Å²) in [5.74, 6) is 1.02. The van der Waals surface area contributed by atoms with Crippen molar-refractivity contribution in [2.45, 2.75) is 38.6 Å². The number of hydrogen-bond donors (Lipinski definition) is 0. The van der Waals surface area contributed by atoms with Crippen LogP contribution in [0.4, 0.5) is 5.69 Å². The highest BCUT2D eigenvalue weighted by molar-refractivity contribution is 5.99. The maximum absolute atomic E-state index is 13.2. The molecule has 0 spiro atoms. The largest absolute Gasteiger partial charge is 0.494 e. The Labute approximate surface area is 165 Å². The molecule has 28 heavy (non-hydrogen) atoms. The molecular formula is C23H26N2O3. The zero-order chi connectivity index (χ0) is 19.5. The van der Waals surface area contributed by atoms with Crippen molar-refractivity contribution in [2.24, 2.45) is 0 Å². The SMILES string of the molecule is CCOc1ccc(C2CCCN2C(=O)c2cccc(N3CCCC3=O)c2)cc1. The maximum atomic E-state index is 13.2. The molecule has 0 bridgehead atoms. The van der Waals surface area contributed by atoms with E-state index in [0.717, 1.165) is 49.4 Å². The van der Waals surface area contributed by atoms with Gasteiger partial charge >= 0.3 is 0 Å². The van der Waals surface area contributed by atoms with E-state index in [1.54, 1.807) is 4.90 Å². The van der Waals surface area contributed by atoms with Crippen LogP contribution in [-0.4, -0.2) is 36.4 Å². The number of likely N-dealkylation sites (tertiary alicyclic amines) is 1. The van der Waals surface area contributed by atoms with Gasteiger partial charge in [0, 0.05) is 30.8 Å². The van der Waals surface area contributed by atoms with Crippen molar-refractivity contribution in [1.29, 1.82) is 0 Å². The van der Waals surface area contributed by atoms with Crippen molar-refractivity contribution in [3.63, 3.8) is 0 Å². The lowest BCUT2D eigenvalue weighted by Gasteiger charge is -2.26. The first-order chi connectivity index (χ1) is 13.7. The van der Waals surface area contributed by atoms with Gasteiger partial charge in [0.15, 0.2) is 0 Å². The molecule has 0 radical (unpaired) electrons. The topological polar surface area (TPSA) is 49.9 Å². The third kappa shape index (κ3) is 3.61. The van der Waals surface area contributed by atoms with Crippen LogP contribution in [0.3, 0.4) is 0 Å². The smallest absolute Gasteiger partial charge is 0.254 e. The van der Waals surface area contributed by atoms with Gasteiger partial charge in [-0.3, -0.25) is 9.59 Å². The highest BCUT2D eigenvalue weighted by Gasteiger charge is 2.31. The van der Waals surface area contributed by atoms with Gasteiger partial charge in [0.05, 0.1) is 12.6 Å². The number of ether oxygens (including phenoxy) is 1. The molecule has 2 aliphatic rings. The summed E-state index contributed by atoms with van der Waals surface area (Å²) >= 11 is 0. The minimum absolute atomic E-state index is 0.0323. The zero-order valence-electron chi connectivity index (χ0n) is 16.3. The second kappa shape index (κ2) is 8.05. The van der Waals surface area contributed by atoms with Gasteiger partial charge in [-0.15, -0.1) is 0 Å². The molecule has 2 aromatic rings. The molecule has 1 unspecified atom stereocenters. The molecule has 2 aliphatic heterocycles. The Balaban J connectivity index is 1.54. The number of benzene rings is 2. The van der Waals surface area contributed by atoms with E-state index in [4.69, 9.17) is 4.74 Å². The molecule has 146 valence electrons. The molecule has 2 fully saturated rings. The molecule has 1 atom stereocenters. The van der Waals surface area contributed by atoms with Gasteiger partial charge in [0.2, 0.25) is 5.91 Å². The van der Waals surface area contributed by atoms with Gasteiger partial charge in [-0.05, 0) is 62.1 Å². The van der Waals surface area contributed by atoms with Crippen LogP contribution in [0.2, 0.25) is 0 Å². The van der Waals surface area contributed by atoms with E-state index in [0.29, 0.717) is 18.6 Å². The van der Waals surface area contributed by atoms with Gasteiger partial charge < -0.3 is 14.5 Å². The number of rotatable bonds is 5. The standard InChI is InChI=1S/C23H26N2O3/c1-2-28-20-12-10-17(11-13-20)21-8-4-15-25(21)23(27)18-6-3-7-19(16-18)24-14-5-9-22(24)26/h3,6-7,10-13,16,21H,2,4-5,8-9,14-15H2,1H3. The quantitative estimate of drug-likeness (QED) is 0.784. The molecule has 2 saturated heterocycles. The van der Waals surface area contributed by atoms with Gasteiger partial charge in [0.1, 0.15) is 5.75 Å². The van der Waals surface area contributed by atoms with Crippen molar-refractivity contribution in [3.8, 4) is 5.75 Å². The average molecular weight is 378 g/mol. The van der Waals surface area contributed by atoms with Crippen molar-refractivity contribution < 1.29 is 14.3 Å². The Morgan fingerprint density at radius 2 is 1.93 bits per heavy atom. The Kier molecular flexibility index (Phi) is 5.33. The van der Waals surface area contributed by atoms with E-state index in [1.807, 2.05) is 48.2 Å². The van der Waals surface area contributed by atoms with Crippen molar-refractivity contribution in [3.05, 3.63) is 59.7 Å². The van der Waals surface area contributed by atoms with Crippen LogP contribution in [0.5, 0.6) is 5.75 Å². The Hall–Kier alpha value is -2.82. The fourth-order valence-electron chi connectivity index (χ4n) is 4.20. The number of nitrogens with zero attached hydrogens (tertiary/aromatic N) is 2. The molecule has 0 aliphatic carbocycles. The molecule has 0 saturated carbocycles. The first-order valence-corrected chi connectivity index (χ1v) is 10.1. The number of hydrogen-bond acceptors (Lipinski definition) is 3. The van der Waals surface area contributed by atoms with Gasteiger partial charge in [-0.1, -0.05) is 18.2 Å². The van der Waals surface area contributed by atoms with E-state index in [2.05, 4.69) is 12.1 Å². The van der Waals surface area contributed by atoms with Crippen LogP contribution >= 0.6 is 0 Å². The number of anilines is 1. The van der Waals surface area contributed by atoms with Crippen molar-refractivity contribution in [1.82, 2.24) is 4.90 Å². The number of carbonyl (C=O) groups excluding carboxylic acids is 2. The highest BCUT2D eigenvalue weighted by atomic mass is 16.5. The molecule has 0 N–H and O–H groups in total. The summed E-state index contributed by atoms with van der Waals surface area (Å²) in [6.45, 7) is 4.09. The summed E-state index contributed by atoms with van der Waals surface area (Å²) in [6.07, 6.45) is 3.42. The molecule has 5 heteroatoms. The molecule has 2 aromatic carbocycles. The van der Waals surface area contributed by atoms with E-state index in [-0.39, 0.29) is 17.9 Å². The number of amides is 2. The molecule has 2 amide bonds. The Morgan fingerprint density at radius 1 is 1.11 bits per heavy atom. The normalized spacial score (nSPS) is 19.3. The van der Waals surface area contributed by atoms with Crippen LogP contribution in [0.1, 0.15) is 54.6 Å². The second-order valence-electron chi connectivity index (χ2n) is 7.36. The lowest BCUT2D eigenvalue weighted by molar-refractivity contribution is -0.117. The summed E-state index contributed by atoms with van der Waals surface area (Å²) in [5.41, 5.74) is 2.61. The summed E-state index contributed by atoms with van der Waals surface area (Å²) in [5, 5.41) is 0. The maximum Gasteiger partial charge on any atom is 0.254 e. The third-order valence-electron chi connectivity index (χ3n) is 5.57. The fourth-order valence-corrected chi connectivity index (χ4v) is 4.20. The van der Waals surface area contributed by atoms with Gasteiger partial charge in [-0.2, -0.15) is 0 Å². The molecule has 0 aromatic heterocycles. The number of carbonyl (C=O) groups is 2. The predicted molar refractivity (Wildman–Crippen MR) is 109 cm³/mol. The van der Waals surface area contributed by atoms with Crippen LogP contribution in [0.15, 0.2) is 48.5 Å². The summed E-state index contributed by atoms with van der Waals surface area (Å²) < 4.78 is 5.52. The van der Waals surface area contributed by atoms with Crippen molar-refractivity contribution in [2.75, 3.05) is 24.6 Å². The molecular weight excluding hydrogens is 352 g/mol. The Bertz CT molecular complexity index is 862. The summed E-state index contributed by atoms with van der Waals surface area (Å²) in [7, 11) is 0. The van der Waals surface area contributed by atoms with Crippen LogP contribution in [0.25, 0.3) is 0 Å². The first-order valence-electron chi connectivity index (χ1n) is 10.1. The predicted octanol–water partition coefficient (Wildman–Crippen LogP) is 4.19. The molecule has 5 nitrogen and oxygen atoms in total. The van der Waals surface area contributed by atoms with E-state index >= 15 is 0 Å². The molecule has 4 rings (SSSR count). The van der Waals surface area contributed by atoms with Gasteiger partial charge in [-0.25, -0.2) is 0 Å². The summed E-state index contributed by atoms with van der Waals surface area (Å²) in [4.78, 5) is 29.0. The lowest BCUT2D eigenvalue weighted by Crippen LogP contribution is -2.31. The monoisotopic (exact) mass is 378 g/mol. The van der Waals surface area contributed by atoms with Gasteiger partial charge in [0.25, 0.3) is 5.91 Å². The first kappa shape index (κ1) is 18.5. The second-order valence-corrected chi connectivity index (χ2v) is 7.36. The zero-order valence-corrected chi connectivity index (χ0v) is 16.3. The van der Waals surface area contributed by atoms with E-state index < -0.39 is 0 Å². The van der Waals surface area contributed by atoms with E-state index in [9.17, 15) is 9.59 Å². The minimum atomic E-state index is 0.0323. The van der Waals surface area contributed by atoms with E-state index in [1.165, 1.54) is 0 Å². The fraction of sp³-hybridized carbons (Fsp3) is 0.391. The average Bonchev–Trinajstić information content (AvgIpc) is 3.37. The van der Waals surface area contributed by atoms with Crippen LogP contribution in [-0.2, 0) is 4.79 Å². The lowest BCUT2D eigenvalue weighted by atomic mass is 10.0. The molecule has 2 heterocycles.